The monoisotopic (exact) mass is 973 g/mol. The zero-order chi connectivity index (χ0) is 49.5. The molecule has 0 saturated heterocycles. The largest absolute Gasteiger partial charge is 0.310 e. The lowest BCUT2D eigenvalue weighted by Gasteiger charge is -2.34. The fourth-order valence-electron chi connectivity index (χ4n) is 12.4. The van der Waals surface area contributed by atoms with Gasteiger partial charge in [-0.15, -0.1) is 11.3 Å². The van der Waals surface area contributed by atoms with Crippen LogP contribution in [0.3, 0.4) is 0 Å². The Bertz CT molecular complexity index is 4420. The summed E-state index contributed by atoms with van der Waals surface area (Å²) >= 11 is 1.88. The lowest BCUT2D eigenvalue weighted by Crippen LogP contribution is -2.28. The van der Waals surface area contributed by atoms with Crippen LogP contribution in [0.2, 0.25) is 0 Å². The Morgan fingerprint density at radius 1 is 0.320 bits per heavy atom. The van der Waals surface area contributed by atoms with Gasteiger partial charge in [-0.3, -0.25) is 0 Å². The first-order valence-electron chi connectivity index (χ1n) is 25.7. The Hall–Kier alpha value is -9.48. The van der Waals surface area contributed by atoms with Gasteiger partial charge in [0.1, 0.15) is 0 Å². The predicted molar refractivity (Wildman–Crippen MR) is 318 cm³/mol. The molecule has 0 atom stereocenters. The summed E-state index contributed by atoms with van der Waals surface area (Å²) in [4.78, 5) is 4.90. The third-order valence-electron chi connectivity index (χ3n) is 15.6. The van der Waals surface area contributed by atoms with E-state index in [9.17, 15) is 0 Å². The normalized spacial score (nSPS) is 12.6. The average molecular weight is 974 g/mol. The highest BCUT2D eigenvalue weighted by Crippen LogP contribution is 2.57. The number of aromatic nitrogens is 1. The quantitative estimate of drug-likeness (QED) is 0.143. The van der Waals surface area contributed by atoms with Gasteiger partial charge in [0.25, 0.3) is 0 Å². The highest BCUT2D eigenvalue weighted by atomic mass is 32.1. The van der Waals surface area contributed by atoms with Crippen molar-refractivity contribution in [1.29, 1.82) is 0 Å². The number of benzene rings is 12. The lowest BCUT2D eigenvalue weighted by atomic mass is 9.68. The van der Waals surface area contributed by atoms with Crippen LogP contribution in [-0.4, -0.2) is 4.57 Å². The molecule has 2 aromatic heterocycles. The SMILES string of the molecule is c1ccc(N(c2ccc(N(c3ccc(C4(c5ccccc5)c5ccccc5-c5ccccc54)cc3)c3c4ccccc4cc4c3sc3ccccc34)cc2)c2ccc3c4ccccc4n(-c4ccccc4)c3c2)cc1. The predicted octanol–water partition coefficient (Wildman–Crippen LogP) is 19.6. The Kier molecular flexibility index (Phi) is 9.97. The molecule has 3 nitrogen and oxygen atoms in total. The number of hydrogen-bond donors (Lipinski definition) is 0. The first-order valence-corrected chi connectivity index (χ1v) is 26.6. The van der Waals surface area contributed by atoms with Gasteiger partial charge >= 0.3 is 0 Å². The van der Waals surface area contributed by atoms with Crippen LogP contribution in [0.1, 0.15) is 22.3 Å². The minimum Gasteiger partial charge on any atom is -0.310 e. The van der Waals surface area contributed by atoms with Gasteiger partial charge in [-0.1, -0.05) is 194 Å². The second-order valence-electron chi connectivity index (χ2n) is 19.6. The van der Waals surface area contributed by atoms with Gasteiger partial charge in [0.2, 0.25) is 0 Å². The first kappa shape index (κ1) is 43.1. The first-order chi connectivity index (χ1) is 37.2. The molecule has 0 fully saturated rings. The van der Waals surface area contributed by atoms with Crippen molar-refractivity contribution in [2.75, 3.05) is 9.80 Å². The molecular weight excluding hydrogens is 927 g/mol. The summed E-state index contributed by atoms with van der Waals surface area (Å²) in [7, 11) is 0. The van der Waals surface area contributed by atoms with Crippen LogP contribution in [0.15, 0.2) is 285 Å². The molecule has 0 aliphatic heterocycles. The van der Waals surface area contributed by atoms with E-state index in [1.165, 1.54) is 86.3 Å². The van der Waals surface area contributed by atoms with Crippen molar-refractivity contribution < 1.29 is 0 Å². The lowest BCUT2D eigenvalue weighted by molar-refractivity contribution is 0.768. The van der Waals surface area contributed by atoms with E-state index in [-0.39, 0.29) is 0 Å². The number of hydrogen-bond acceptors (Lipinski definition) is 3. The Balaban J connectivity index is 0.933. The zero-order valence-corrected chi connectivity index (χ0v) is 41.7. The van der Waals surface area contributed by atoms with Crippen molar-refractivity contribution in [2.45, 2.75) is 5.41 Å². The minimum absolute atomic E-state index is 0.503. The Morgan fingerprint density at radius 2 is 0.813 bits per heavy atom. The van der Waals surface area contributed by atoms with Crippen molar-refractivity contribution in [3.63, 3.8) is 0 Å². The van der Waals surface area contributed by atoms with Gasteiger partial charge in [-0.2, -0.15) is 0 Å². The number of fused-ring (bicyclic) bond motifs is 10. The van der Waals surface area contributed by atoms with Crippen LogP contribution >= 0.6 is 11.3 Å². The van der Waals surface area contributed by atoms with E-state index in [0.717, 1.165) is 39.6 Å². The summed E-state index contributed by atoms with van der Waals surface area (Å²) in [5, 5.41) is 7.42. The summed E-state index contributed by atoms with van der Waals surface area (Å²) in [6.07, 6.45) is 0. The maximum atomic E-state index is 2.51. The van der Waals surface area contributed by atoms with Crippen LogP contribution in [0.5, 0.6) is 0 Å². The molecule has 75 heavy (non-hydrogen) atoms. The molecule has 2 heterocycles. The molecule has 15 rings (SSSR count). The number of anilines is 6. The van der Waals surface area contributed by atoms with Crippen molar-refractivity contribution in [2.24, 2.45) is 0 Å². The van der Waals surface area contributed by atoms with E-state index in [1.54, 1.807) is 0 Å². The van der Waals surface area contributed by atoms with Crippen LogP contribution in [0, 0.1) is 0 Å². The highest BCUT2D eigenvalue weighted by molar-refractivity contribution is 7.26. The zero-order valence-electron chi connectivity index (χ0n) is 40.9. The topological polar surface area (TPSA) is 11.4 Å². The highest BCUT2D eigenvalue weighted by Gasteiger charge is 2.46. The molecule has 4 heteroatoms. The second kappa shape index (κ2) is 17.3. The van der Waals surface area contributed by atoms with Gasteiger partial charge in [0.15, 0.2) is 0 Å². The van der Waals surface area contributed by atoms with Crippen molar-refractivity contribution in [3.8, 4) is 16.8 Å². The molecule has 1 aliphatic carbocycles. The molecule has 352 valence electrons. The van der Waals surface area contributed by atoms with Gasteiger partial charge < -0.3 is 14.4 Å². The van der Waals surface area contributed by atoms with E-state index in [0.29, 0.717) is 0 Å². The van der Waals surface area contributed by atoms with Gasteiger partial charge in [0, 0.05) is 65.8 Å². The summed E-state index contributed by atoms with van der Waals surface area (Å²) in [6, 6.07) is 105. The maximum Gasteiger partial charge on any atom is 0.0718 e. The molecule has 0 spiro atoms. The van der Waals surface area contributed by atoms with Crippen LogP contribution in [0.25, 0.3) is 69.6 Å². The molecule has 0 saturated carbocycles. The standard InChI is InChI=1S/C71H47N3S/c1-4-21-49(22-5-1)71(64-32-16-12-28-58(64)59-29-13-17-33-65(59)71)50-36-38-54(39-37-50)73(69-57-27-11-10-20-48(57)46-63-62-31-15-19-35-68(62)75-70(63)69)55-42-40-53(41-43-55)72(51-23-6-2-7-24-51)56-44-45-61-60-30-14-18-34-66(60)74(67(61)47-56)52-25-8-3-9-26-52/h1-47H. The third-order valence-corrected chi connectivity index (χ3v) is 16.8. The number of nitrogens with zero attached hydrogens (tertiary/aromatic N) is 3. The fraction of sp³-hybridized carbons (Fsp3) is 0.0141. The van der Waals surface area contributed by atoms with Crippen LogP contribution < -0.4 is 9.80 Å². The summed E-state index contributed by atoms with van der Waals surface area (Å²) in [5.41, 5.74) is 17.2. The van der Waals surface area contributed by atoms with E-state index in [1.807, 2.05) is 11.3 Å². The van der Waals surface area contributed by atoms with Crippen molar-refractivity contribution >= 4 is 98.2 Å². The third kappa shape index (κ3) is 6.67. The maximum absolute atomic E-state index is 2.51. The molecule has 0 unspecified atom stereocenters. The van der Waals surface area contributed by atoms with E-state index < -0.39 is 5.41 Å². The molecule has 0 bridgehead atoms. The van der Waals surface area contributed by atoms with Crippen molar-refractivity contribution in [3.05, 3.63) is 307 Å². The molecule has 0 N–H and O–H groups in total. The summed E-state index contributed by atoms with van der Waals surface area (Å²) < 4.78 is 4.93. The van der Waals surface area contributed by atoms with Crippen molar-refractivity contribution in [1.82, 2.24) is 4.57 Å². The summed E-state index contributed by atoms with van der Waals surface area (Å²) in [6.45, 7) is 0. The minimum atomic E-state index is -0.503. The Labute approximate surface area is 439 Å². The van der Waals surface area contributed by atoms with E-state index >= 15 is 0 Å². The molecular formula is C71H47N3S. The molecule has 12 aromatic carbocycles. The summed E-state index contributed by atoms with van der Waals surface area (Å²) in [5.74, 6) is 0. The Morgan fingerprint density at radius 3 is 1.52 bits per heavy atom. The molecule has 14 aromatic rings. The second-order valence-corrected chi connectivity index (χ2v) is 20.6. The van der Waals surface area contributed by atoms with Crippen LogP contribution in [0.4, 0.5) is 34.1 Å². The van der Waals surface area contributed by atoms with Gasteiger partial charge in [0.05, 0.1) is 26.8 Å². The number of thiophene rings is 1. The number of rotatable bonds is 9. The average Bonchev–Trinajstić information content (AvgIpc) is 4.24. The van der Waals surface area contributed by atoms with Crippen LogP contribution in [-0.2, 0) is 5.41 Å². The molecule has 0 radical (unpaired) electrons. The van der Waals surface area contributed by atoms with E-state index in [4.69, 9.17) is 0 Å². The molecule has 1 aliphatic rings. The smallest absolute Gasteiger partial charge is 0.0718 e. The van der Waals surface area contributed by atoms with Gasteiger partial charge in [-0.05, 0) is 130 Å². The number of para-hydroxylation sites is 3. The van der Waals surface area contributed by atoms with E-state index in [2.05, 4.69) is 299 Å². The molecule has 0 amide bonds. The fourth-order valence-corrected chi connectivity index (χ4v) is 13.7. The van der Waals surface area contributed by atoms with Gasteiger partial charge in [-0.25, -0.2) is 0 Å².